The summed E-state index contributed by atoms with van der Waals surface area (Å²) >= 11 is 0. The van der Waals surface area contributed by atoms with E-state index in [1.807, 2.05) is 0 Å². The van der Waals surface area contributed by atoms with E-state index >= 15 is 0 Å². The highest BCUT2D eigenvalue weighted by molar-refractivity contribution is 6.12. The van der Waals surface area contributed by atoms with Gasteiger partial charge in [-0.1, -0.05) is 25.1 Å². The first-order valence-electron chi connectivity index (χ1n) is 3.86. The Hall–Kier alpha value is 0.0649. The van der Waals surface area contributed by atoms with Crippen LogP contribution in [-0.4, -0.2) is 7.85 Å². The van der Waals surface area contributed by atoms with Gasteiger partial charge in [0, 0.05) is 0 Å². The van der Waals surface area contributed by atoms with Gasteiger partial charge in [-0.25, -0.2) is 0 Å². The molecule has 0 aliphatic heterocycles. The Labute approximate surface area is 52.1 Å². The molecule has 0 nitrogen and oxygen atoms in total. The maximum Gasteiger partial charge on any atom is 0.105 e. The van der Waals surface area contributed by atoms with Gasteiger partial charge in [0.15, 0.2) is 0 Å². The van der Waals surface area contributed by atoms with E-state index in [0.29, 0.717) is 0 Å². The lowest BCUT2D eigenvalue weighted by molar-refractivity contribution is 0.480. The molecule has 0 aromatic carbocycles. The van der Waals surface area contributed by atoms with Crippen LogP contribution in [0.3, 0.4) is 0 Å². The molecule has 0 N–H and O–H groups in total. The Morgan fingerprint density at radius 2 is 2.00 bits per heavy atom. The van der Waals surface area contributed by atoms with Crippen LogP contribution in [0, 0.1) is 11.8 Å². The largest absolute Gasteiger partial charge is 0.105 e. The molecule has 1 heteroatoms. The normalized spacial score (nSPS) is 52.8. The zero-order chi connectivity index (χ0) is 5.56. The Bertz CT molecular complexity index is 98.6. The summed E-state index contributed by atoms with van der Waals surface area (Å²) in [5.41, 5.74) is 0. The Morgan fingerprint density at radius 1 is 1.12 bits per heavy atom. The Kier molecular flexibility index (Phi) is 0.932. The molecule has 44 valence electrons. The summed E-state index contributed by atoms with van der Waals surface area (Å²) in [5, 5.41) is 0. The molecule has 0 aromatic rings. The molecule has 2 aliphatic rings. The predicted molar refractivity (Wildman–Crippen MR) is 37.7 cm³/mol. The fraction of sp³-hybridized carbons (Fsp3) is 1.00. The van der Waals surface area contributed by atoms with Crippen LogP contribution in [0.25, 0.3) is 0 Å². The summed E-state index contributed by atoms with van der Waals surface area (Å²) < 4.78 is 0. The molecule has 2 rings (SSSR count). The van der Waals surface area contributed by atoms with E-state index in [-0.39, 0.29) is 0 Å². The molecule has 0 unspecified atom stereocenters. The maximum absolute atomic E-state index is 2.42. The van der Waals surface area contributed by atoms with Crippen molar-refractivity contribution >= 4 is 7.85 Å². The molecule has 2 saturated carbocycles. The molecular weight excluding hydrogens is 94.9 g/mol. The minimum Gasteiger partial charge on any atom is -0.0667 e. The summed E-state index contributed by atoms with van der Waals surface area (Å²) in [6.45, 7) is 0. The van der Waals surface area contributed by atoms with E-state index in [0.717, 1.165) is 17.7 Å². The molecule has 0 amide bonds. The second-order valence-electron chi connectivity index (χ2n) is 3.65. The van der Waals surface area contributed by atoms with Gasteiger partial charge in [0.1, 0.15) is 7.85 Å². The van der Waals surface area contributed by atoms with Crippen LogP contribution in [0.4, 0.5) is 0 Å². The lowest BCUT2D eigenvalue weighted by Gasteiger charge is -2.15. The third-order valence-corrected chi connectivity index (χ3v) is 3.09. The van der Waals surface area contributed by atoms with Crippen molar-refractivity contribution in [2.75, 3.05) is 0 Å². The van der Waals surface area contributed by atoms with Crippen LogP contribution >= 0.6 is 0 Å². The summed E-state index contributed by atoms with van der Waals surface area (Å²) in [4.78, 5) is 0. The molecule has 0 saturated heterocycles. The summed E-state index contributed by atoms with van der Waals surface area (Å²) in [5.74, 6) is 3.36. The average Bonchev–Trinajstić information content (AvgIpc) is 2.23. The third kappa shape index (κ3) is 0.534. The van der Waals surface area contributed by atoms with Gasteiger partial charge in [0.25, 0.3) is 0 Å². The minimum absolute atomic E-state index is 1.08. The average molecular weight is 108 g/mol. The van der Waals surface area contributed by atoms with Crippen LogP contribution in [0.2, 0.25) is 5.82 Å². The molecule has 8 heavy (non-hydrogen) atoms. The highest BCUT2D eigenvalue weighted by Gasteiger charge is 2.36. The number of hydrogen-bond acceptors (Lipinski definition) is 0. The molecule has 0 spiro atoms. The first kappa shape index (κ1) is 4.90. The van der Waals surface area contributed by atoms with Crippen molar-refractivity contribution in [1.29, 1.82) is 0 Å². The van der Waals surface area contributed by atoms with Crippen LogP contribution in [0.5, 0.6) is 0 Å². The van der Waals surface area contributed by atoms with Gasteiger partial charge in [0.2, 0.25) is 0 Å². The molecule has 0 radical (unpaired) electrons. The first-order valence-corrected chi connectivity index (χ1v) is 3.86. The van der Waals surface area contributed by atoms with Gasteiger partial charge in [0.05, 0.1) is 0 Å². The van der Waals surface area contributed by atoms with Crippen molar-refractivity contribution in [2.45, 2.75) is 31.5 Å². The molecule has 2 fully saturated rings. The topological polar surface area (TPSA) is 0 Å². The van der Waals surface area contributed by atoms with Crippen molar-refractivity contribution < 1.29 is 0 Å². The van der Waals surface area contributed by atoms with Crippen molar-refractivity contribution in [3.05, 3.63) is 0 Å². The highest BCUT2D eigenvalue weighted by atomic mass is 14.4. The Balaban J connectivity index is 2.11. The second-order valence-corrected chi connectivity index (χ2v) is 3.65. The lowest BCUT2D eigenvalue weighted by atomic mass is 9.75. The van der Waals surface area contributed by atoms with E-state index in [2.05, 4.69) is 7.85 Å². The Morgan fingerprint density at radius 3 is 2.25 bits per heavy atom. The fourth-order valence-corrected chi connectivity index (χ4v) is 2.56. The van der Waals surface area contributed by atoms with E-state index in [9.17, 15) is 0 Å². The summed E-state index contributed by atoms with van der Waals surface area (Å²) in [6.07, 6.45) is 6.21. The zero-order valence-corrected chi connectivity index (χ0v) is 5.56. The van der Waals surface area contributed by atoms with E-state index in [4.69, 9.17) is 0 Å². The monoisotopic (exact) mass is 108 g/mol. The van der Waals surface area contributed by atoms with Crippen LogP contribution in [-0.2, 0) is 0 Å². The minimum atomic E-state index is 1.08. The van der Waals surface area contributed by atoms with Gasteiger partial charge in [-0.05, 0) is 18.3 Å². The zero-order valence-electron chi connectivity index (χ0n) is 5.56. The van der Waals surface area contributed by atoms with E-state index < -0.39 is 0 Å². The second kappa shape index (κ2) is 1.52. The van der Waals surface area contributed by atoms with E-state index in [1.54, 1.807) is 25.7 Å². The molecule has 2 aliphatic carbocycles. The number of fused-ring (bicyclic) bond motifs is 2. The van der Waals surface area contributed by atoms with Crippen LogP contribution in [0.1, 0.15) is 25.7 Å². The number of hydrogen-bond donors (Lipinski definition) is 0. The molecule has 0 heterocycles. The quantitative estimate of drug-likeness (QED) is 0.409. The van der Waals surface area contributed by atoms with E-state index in [1.165, 1.54) is 0 Å². The number of rotatable bonds is 0. The van der Waals surface area contributed by atoms with Crippen molar-refractivity contribution in [3.8, 4) is 0 Å². The molecule has 0 aromatic heterocycles. The predicted octanol–water partition coefficient (Wildman–Crippen LogP) is 1.23. The van der Waals surface area contributed by atoms with Gasteiger partial charge in [-0.3, -0.25) is 0 Å². The van der Waals surface area contributed by atoms with Gasteiger partial charge in [-0.2, -0.15) is 0 Å². The standard InChI is InChI=1S/C7H13B/c8-7-4-5-1-2-6(7)3-5/h5-7H,1-4,8H2/t5-,6+,7-/m0/s1. The SMILES string of the molecule is B[C@H]1C[C@H]2CC[C@@H]1C2. The smallest absolute Gasteiger partial charge is 0.0667 e. The summed E-state index contributed by atoms with van der Waals surface area (Å²) in [7, 11) is 2.42. The third-order valence-electron chi connectivity index (χ3n) is 3.09. The molecule has 3 atom stereocenters. The summed E-state index contributed by atoms with van der Waals surface area (Å²) in [6, 6.07) is 0. The van der Waals surface area contributed by atoms with Gasteiger partial charge in [-0.15, -0.1) is 0 Å². The molecular formula is C7H13B. The van der Waals surface area contributed by atoms with Crippen molar-refractivity contribution in [2.24, 2.45) is 11.8 Å². The maximum atomic E-state index is 2.42. The fourth-order valence-electron chi connectivity index (χ4n) is 2.56. The molecule has 2 bridgehead atoms. The lowest BCUT2D eigenvalue weighted by Crippen LogP contribution is -2.02. The van der Waals surface area contributed by atoms with Crippen LogP contribution in [0.15, 0.2) is 0 Å². The first-order chi connectivity index (χ1) is 3.86. The van der Waals surface area contributed by atoms with Gasteiger partial charge >= 0.3 is 0 Å². The highest BCUT2D eigenvalue weighted by Crippen LogP contribution is 2.49. The van der Waals surface area contributed by atoms with Crippen molar-refractivity contribution in [1.82, 2.24) is 0 Å². The van der Waals surface area contributed by atoms with Gasteiger partial charge < -0.3 is 0 Å². The van der Waals surface area contributed by atoms with Crippen LogP contribution < -0.4 is 0 Å². The van der Waals surface area contributed by atoms with Crippen molar-refractivity contribution in [3.63, 3.8) is 0 Å².